The molecule has 0 aliphatic heterocycles. The zero-order valence-electron chi connectivity index (χ0n) is 10.2. The summed E-state index contributed by atoms with van der Waals surface area (Å²) in [5.74, 6) is 0. The molecule has 0 saturated heterocycles. The molecule has 0 unspecified atom stereocenters. The zero-order valence-corrected chi connectivity index (χ0v) is 11.0. The highest BCUT2D eigenvalue weighted by Gasteiger charge is 2.20. The number of nitrogen functional groups attached to an aromatic ring is 1. The molecule has 1 aromatic heterocycles. The average Bonchev–Trinajstić information content (AvgIpc) is 2.73. The maximum absolute atomic E-state index is 12.0. The van der Waals surface area contributed by atoms with Crippen LogP contribution in [0.4, 0.5) is 17.4 Å². The lowest BCUT2D eigenvalue weighted by Crippen LogP contribution is -2.13. The summed E-state index contributed by atoms with van der Waals surface area (Å²) in [5.41, 5.74) is 5.34. The summed E-state index contributed by atoms with van der Waals surface area (Å²) >= 11 is 0. The number of nitro benzene ring substituents is 1. The van der Waals surface area contributed by atoms with E-state index in [2.05, 4.69) is 9.71 Å². The number of hydrogen-bond donors (Lipinski definition) is 2. The van der Waals surface area contributed by atoms with Gasteiger partial charge in [-0.15, -0.1) is 0 Å². The first-order valence-corrected chi connectivity index (χ1v) is 6.77. The van der Waals surface area contributed by atoms with E-state index < -0.39 is 14.9 Å². The Balaban J connectivity index is 2.35. The van der Waals surface area contributed by atoms with Crippen LogP contribution in [0.3, 0.4) is 0 Å². The van der Waals surface area contributed by atoms with Crippen LogP contribution in [0.25, 0.3) is 0 Å². The van der Waals surface area contributed by atoms with Crippen molar-refractivity contribution in [2.75, 3.05) is 10.5 Å². The number of nitrogens with zero attached hydrogens (tertiary/aromatic N) is 2. The Hall–Kier alpha value is -2.62. The first-order chi connectivity index (χ1) is 9.29. The number of sulfonamides is 1. The Labute approximate surface area is 113 Å². The molecule has 0 saturated carbocycles. The number of nitrogens with two attached hydrogens (primary N) is 1. The quantitative estimate of drug-likeness (QED) is 0.491. The highest BCUT2D eigenvalue weighted by Crippen LogP contribution is 2.25. The maximum atomic E-state index is 12.0. The Kier molecular flexibility index (Phi) is 3.32. The maximum Gasteiger partial charge on any atom is 0.309 e. The van der Waals surface area contributed by atoms with Gasteiger partial charge in [-0.3, -0.25) is 10.1 Å². The summed E-state index contributed by atoms with van der Waals surface area (Å²) in [4.78, 5) is 13.5. The minimum Gasteiger partial charge on any atom is -0.431 e. The van der Waals surface area contributed by atoms with Crippen LogP contribution in [-0.4, -0.2) is 18.3 Å². The summed E-state index contributed by atoms with van der Waals surface area (Å²) in [5, 5.41) is 10.6. The monoisotopic (exact) mass is 298 g/mol. The van der Waals surface area contributed by atoms with Gasteiger partial charge in [0.1, 0.15) is 12.0 Å². The van der Waals surface area contributed by atoms with Crippen LogP contribution in [0.5, 0.6) is 0 Å². The average molecular weight is 298 g/mol. The number of anilines is 2. The van der Waals surface area contributed by atoms with E-state index in [-0.39, 0.29) is 22.3 Å². The largest absolute Gasteiger partial charge is 0.431 e. The molecule has 0 aliphatic carbocycles. The molecule has 1 heterocycles. The molecule has 0 atom stereocenters. The molecule has 0 fully saturated rings. The van der Waals surface area contributed by atoms with Gasteiger partial charge >= 0.3 is 6.01 Å². The number of hydrogen-bond acceptors (Lipinski definition) is 7. The van der Waals surface area contributed by atoms with Gasteiger partial charge in [0.2, 0.25) is 0 Å². The fraction of sp³-hybridized carbons (Fsp3) is 0.100. The van der Waals surface area contributed by atoms with Crippen LogP contribution in [0.15, 0.2) is 33.8 Å². The third-order valence-corrected chi connectivity index (χ3v) is 3.66. The third kappa shape index (κ3) is 2.69. The second kappa shape index (κ2) is 4.81. The summed E-state index contributed by atoms with van der Waals surface area (Å²) in [6.45, 7) is 1.63. The topological polar surface area (TPSA) is 141 Å². The van der Waals surface area contributed by atoms with E-state index >= 15 is 0 Å². The molecule has 106 valence electrons. The minimum atomic E-state index is -3.97. The van der Waals surface area contributed by atoms with Crippen molar-refractivity contribution in [1.29, 1.82) is 0 Å². The van der Waals surface area contributed by atoms with Crippen LogP contribution < -0.4 is 10.5 Å². The predicted octanol–water partition coefficient (Wildman–Crippen LogP) is 1.27. The fourth-order valence-corrected chi connectivity index (χ4v) is 2.41. The number of aryl methyl sites for hydroxylation is 1. The van der Waals surface area contributed by atoms with Crippen molar-refractivity contribution in [3.63, 3.8) is 0 Å². The molecule has 3 N–H and O–H groups in total. The van der Waals surface area contributed by atoms with Crippen molar-refractivity contribution in [2.24, 2.45) is 0 Å². The van der Waals surface area contributed by atoms with Gasteiger partial charge in [-0.1, -0.05) is 0 Å². The summed E-state index contributed by atoms with van der Waals surface area (Å²) in [7, 11) is -3.97. The number of nitro groups is 1. The van der Waals surface area contributed by atoms with Crippen molar-refractivity contribution in [2.45, 2.75) is 11.8 Å². The van der Waals surface area contributed by atoms with E-state index in [0.29, 0.717) is 5.69 Å². The van der Waals surface area contributed by atoms with Crippen LogP contribution in [0, 0.1) is 17.0 Å². The van der Waals surface area contributed by atoms with Crippen LogP contribution in [0.2, 0.25) is 0 Å². The van der Waals surface area contributed by atoms with E-state index in [4.69, 9.17) is 10.2 Å². The highest BCUT2D eigenvalue weighted by atomic mass is 32.2. The van der Waals surface area contributed by atoms with E-state index in [1.165, 1.54) is 6.26 Å². The van der Waals surface area contributed by atoms with Gasteiger partial charge < -0.3 is 10.2 Å². The molecule has 1 aromatic carbocycles. The van der Waals surface area contributed by atoms with Crippen molar-refractivity contribution in [3.05, 3.63) is 40.3 Å². The number of benzene rings is 1. The van der Waals surface area contributed by atoms with Crippen molar-refractivity contribution in [3.8, 4) is 0 Å². The predicted molar refractivity (Wildman–Crippen MR) is 69.6 cm³/mol. The summed E-state index contributed by atoms with van der Waals surface area (Å²) in [6, 6.07) is 2.90. The Morgan fingerprint density at radius 2 is 2.15 bits per heavy atom. The summed E-state index contributed by atoms with van der Waals surface area (Å²) in [6.07, 6.45) is 1.28. The molecule has 20 heavy (non-hydrogen) atoms. The molecule has 0 radical (unpaired) electrons. The molecule has 0 spiro atoms. The van der Waals surface area contributed by atoms with E-state index in [0.717, 1.165) is 18.2 Å². The van der Waals surface area contributed by atoms with Crippen LogP contribution in [0.1, 0.15) is 5.69 Å². The van der Waals surface area contributed by atoms with Crippen LogP contribution >= 0.6 is 0 Å². The standard InChI is InChI=1S/C10H10N4O5S/c1-6-5-19-10(12-6)13-20(17,18)7-2-3-9(14(15)16)8(11)4-7/h2-5H,11H2,1H3,(H,12,13). The zero-order chi connectivity index (χ0) is 14.9. The van der Waals surface area contributed by atoms with Crippen molar-refractivity contribution in [1.82, 2.24) is 4.98 Å². The van der Waals surface area contributed by atoms with E-state index in [1.807, 2.05) is 0 Å². The van der Waals surface area contributed by atoms with Gasteiger partial charge in [-0.2, -0.15) is 4.98 Å². The lowest BCUT2D eigenvalue weighted by Gasteiger charge is -2.05. The lowest BCUT2D eigenvalue weighted by atomic mass is 10.3. The van der Waals surface area contributed by atoms with Gasteiger partial charge in [0.05, 0.1) is 15.5 Å². The number of oxazole rings is 1. The molecular weight excluding hydrogens is 288 g/mol. The van der Waals surface area contributed by atoms with Crippen molar-refractivity contribution >= 4 is 27.4 Å². The molecule has 0 aliphatic rings. The SMILES string of the molecule is Cc1coc(NS(=O)(=O)c2ccc([N+](=O)[O-])c(N)c2)n1. The van der Waals surface area contributed by atoms with Gasteiger partial charge in [-0.25, -0.2) is 13.1 Å². The van der Waals surface area contributed by atoms with Gasteiger partial charge in [-0.05, 0) is 19.1 Å². The molecule has 2 rings (SSSR count). The van der Waals surface area contributed by atoms with E-state index in [9.17, 15) is 18.5 Å². The normalized spacial score (nSPS) is 11.2. The number of nitrogens with one attached hydrogen (secondary N) is 1. The Bertz CT molecular complexity index is 768. The molecule has 2 aromatic rings. The van der Waals surface area contributed by atoms with Gasteiger partial charge in [0.15, 0.2) is 0 Å². The van der Waals surface area contributed by atoms with Crippen molar-refractivity contribution < 1.29 is 17.8 Å². The highest BCUT2D eigenvalue weighted by molar-refractivity contribution is 7.92. The van der Waals surface area contributed by atoms with Crippen LogP contribution in [-0.2, 0) is 10.0 Å². The number of aromatic nitrogens is 1. The number of rotatable bonds is 4. The molecule has 10 heteroatoms. The molecule has 9 nitrogen and oxygen atoms in total. The van der Waals surface area contributed by atoms with Gasteiger partial charge in [0.25, 0.3) is 15.7 Å². The fourth-order valence-electron chi connectivity index (χ4n) is 1.44. The Morgan fingerprint density at radius 1 is 1.45 bits per heavy atom. The van der Waals surface area contributed by atoms with Gasteiger partial charge in [0, 0.05) is 6.07 Å². The lowest BCUT2D eigenvalue weighted by molar-refractivity contribution is -0.383. The Morgan fingerprint density at radius 3 is 2.65 bits per heavy atom. The smallest absolute Gasteiger partial charge is 0.309 e. The first kappa shape index (κ1) is 13.8. The molecule has 0 amide bonds. The molecular formula is C10H10N4O5S. The first-order valence-electron chi connectivity index (χ1n) is 5.28. The molecule has 0 bridgehead atoms. The van der Waals surface area contributed by atoms with E-state index in [1.54, 1.807) is 6.92 Å². The summed E-state index contributed by atoms with van der Waals surface area (Å²) < 4.78 is 31.0. The second-order valence-electron chi connectivity index (χ2n) is 3.88. The second-order valence-corrected chi connectivity index (χ2v) is 5.56. The minimum absolute atomic E-state index is 0.195. The third-order valence-electron chi connectivity index (χ3n) is 2.35.